The lowest BCUT2D eigenvalue weighted by Crippen LogP contribution is -2.20. The summed E-state index contributed by atoms with van der Waals surface area (Å²) in [5.74, 6) is -0.928. The van der Waals surface area contributed by atoms with E-state index < -0.39 is 5.97 Å². The Morgan fingerprint density at radius 1 is 1.56 bits per heavy atom. The molecule has 0 saturated carbocycles. The van der Waals surface area contributed by atoms with E-state index in [0.717, 1.165) is 0 Å². The minimum Gasteiger partial charge on any atom is -0.478 e. The number of allylic oxidation sites excluding steroid dienone is 1. The summed E-state index contributed by atoms with van der Waals surface area (Å²) in [6.07, 6.45) is 3.68. The van der Waals surface area contributed by atoms with Crippen LogP contribution in [0.25, 0.3) is 0 Å². The lowest BCUT2D eigenvalue weighted by Gasteiger charge is -2.03. The van der Waals surface area contributed by atoms with E-state index in [1.54, 1.807) is 38.3 Å². The lowest BCUT2D eigenvalue weighted by atomic mass is 10.2. The monoisotopic (exact) mass is 221 g/mol. The Kier molecular flexibility index (Phi) is 4.05. The molecular formula is C12H15NO3. The topological polar surface area (TPSA) is 59.3 Å². The Hall–Kier alpha value is -1.84. The number of carboxylic acids is 1. The molecule has 16 heavy (non-hydrogen) atoms. The maximum Gasteiger partial charge on any atom is 0.331 e. The molecule has 0 amide bonds. The van der Waals surface area contributed by atoms with Crippen molar-refractivity contribution < 1.29 is 9.90 Å². The van der Waals surface area contributed by atoms with Gasteiger partial charge >= 0.3 is 5.97 Å². The van der Waals surface area contributed by atoms with Crippen LogP contribution < -0.4 is 5.56 Å². The second kappa shape index (κ2) is 5.30. The first-order chi connectivity index (χ1) is 7.56. The van der Waals surface area contributed by atoms with Crippen LogP contribution in [-0.2, 0) is 11.3 Å². The Morgan fingerprint density at radius 2 is 2.25 bits per heavy atom. The molecule has 0 bridgehead atoms. The van der Waals surface area contributed by atoms with Crippen molar-refractivity contribution in [3.05, 3.63) is 45.9 Å². The van der Waals surface area contributed by atoms with Crippen molar-refractivity contribution in [3.8, 4) is 0 Å². The van der Waals surface area contributed by atoms with Crippen molar-refractivity contribution in [1.82, 2.24) is 4.57 Å². The Morgan fingerprint density at radius 3 is 2.81 bits per heavy atom. The Bertz CT molecular complexity index is 471. The molecule has 0 aromatic carbocycles. The summed E-state index contributed by atoms with van der Waals surface area (Å²) in [6, 6.07) is 3.51. The van der Waals surface area contributed by atoms with Gasteiger partial charge < -0.3 is 9.67 Å². The number of aliphatic carboxylic acids is 1. The van der Waals surface area contributed by atoms with Crippen molar-refractivity contribution in [3.63, 3.8) is 0 Å². The highest BCUT2D eigenvalue weighted by Crippen LogP contribution is 2.01. The number of hydrogen-bond acceptors (Lipinski definition) is 2. The van der Waals surface area contributed by atoms with Gasteiger partial charge in [0.05, 0.1) is 0 Å². The van der Waals surface area contributed by atoms with E-state index in [-0.39, 0.29) is 5.56 Å². The third-order valence-electron chi connectivity index (χ3n) is 2.40. The molecule has 0 aliphatic carbocycles. The molecule has 4 heteroatoms. The molecule has 0 aliphatic heterocycles. The highest BCUT2D eigenvalue weighted by molar-refractivity contribution is 5.86. The number of hydrogen-bond donors (Lipinski definition) is 1. The van der Waals surface area contributed by atoms with Gasteiger partial charge in [-0.2, -0.15) is 0 Å². The summed E-state index contributed by atoms with van der Waals surface area (Å²) in [5.41, 5.74) is 0.900. The number of nitrogens with zero attached hydrogens (tertiary/aromatic N) is 1. The van der Waals surface area contributed by atoms with Crippen LogP contribution in [0.3, 0.4) is 0 Å². The van der Waals surface area contributed by atoms with Gasteiger partial charge in [0, 0.05) is 23.9 Å². The molecule has 0 aliphatic rings. The van der Waals surface area contributed by atoms with Crippen LogP contribution in [-0.4, -0.2) is 15.6 Å². The number of carboxylic acid groups (broad SMARTS) is 1. The number of pyridine rings is 1. The Labute approximate surface area is 93.8 Å². The van der Waals surface area contributed by atoms with Crippen LogP contribution in [0.2, 0.25) is 0 Å². The quantitative estimate of drug-likeness (QED) is 0.785. The fraction of sp³-hybridized carbons (Fsp3) is 0.333. The van der Waals surface area contributed by atoms with Crippen molar-refractivity contribution in [2.24, 2.45) is 0 Å². The third-order valence-corrected chi connectivity index (χ3v) is 2.40. The first-order valence-corrected chi connectivity index (χ1v) is 5.14. The van der Waals surface area contributed by atoms with Gasteiger partial charge in [-0.3, -0.25) is 4.79 Å². The van der Waals surface area contributed by atoms with Gasteiger partial charge in [-0.1, -0.05) is 19.1 Å². The molecule has 1 N–H and O–H groups in total. The smallest absolute Gasteiger partial charge is 0.331 e. The molecule has 0 radical (unpaired) electrons. The maximum absolute atomic E-state index is 11.6. The molecule has 0 fully saturated rings. The van der Waals surface area contributed by atoms with Crippen LogP contribution in [0.5, 0.6) is 0 Å². The van der Waals surface area contributed by atoms with Crippen molar-refractivity contribution >= 4 is 5.97 Å². The molecule has 1 aromatic rings. The van der Waals surface area contributed by atoms with E-state index >= 15 is 0 Å². The second-order valence-corrected chi connectivity index (χ2v) is 3.54. The molecule has 0 atom stereocenters. The van der Waals surface area contributed by atoms with E-state index in [1.165, 1.54) is 4.57 Å². The van der Waals surface area contributed by atoms with E-state index in [9.17, 15) is 9.59 Å². The molecule has 86 valence electrons. The molecule has 1 aromatic heterocycles. The van der Waals surface area contributed by atoms with E-state index in [2.05, 4.69) is 0 Å². The molecule has 4 nitrogen and oxygen atoms in total. The average molecular weight is 221 g/mol. The first kappa shape index (κ1) is 12.2. The first-order valence-electron chi connectivity index (χ1n) is 5.14. The summed E-state index contributed by atoms with van der Waals surface area (Å²) in [6.45, 7) is 3.81. The minimum absolute atomic E-state index is 0.0837. The van der Waals surface area contributed by atoms with Crippen LogP contribution in [0.4, 0.5) is 0 Å². The molecule has 0 spiro atoms. The zero-order valence-electron chi connectivity index (χ0n) is 9.43. The third kappa shape index (κ3) is 2.82. The van der Waals surface area contributed by atoms with E-state index in [0.29, 0.717) is 24.1 Å². The summed E-state index contributed by atoms with van der Waals surface area (Å²) < 4.78 is 1.49. The average Bonchev–Trinajstić information content (AvgIpc) is 2.24. The second-order valence-electron chi connectivity index (χ2n) is 3.54. The van der Waals surface area contributed by atoms with E-state index in [4.69, 9.17) is 5.11 Å². The fourth-order valence-electron chi connectivity index (χ4n) is 1.39. The summed E-state index contributed by atoms with van der Waals surface area (Å²) in [5, 5.41) is 8.82. The number of aryl methyl sites for hydroxylation is 1. The normalized spacial score (nSPS) is 11.5. The van der Waals surface area contributed by atoms with Crippen molar-refractivity contribution in [2.45, 2.75) is 26.8 Å². The predicted octanol–water partition coefficient (Wildman–Crippen LogP) is 1.58. The fourth-order valence-corrected chi connectivity index (χ4v) is 1.39. The van der Waals surface area contributed by atoms with Gasteiger partial charge in [0.1, 0.15) is 0 Å². The van der Waals surface area contributed by atoms with Crippen LogP contribution >= 0.6 is 0 Å². The molecule has 0 saturated heterocycles. The largest absolute Gasteiger partial charge is 0.478 e. The van der Waals surface area contributed by atoms with Gasteiger partial charge in [0.25, 0.3) is 5.56 Å². The number of aromatic nitrogens is 1. The highest BCUT2D eigenvalue weighted by atomic mass is 16.4. The van der Waals surface area contributed by atoms with Gasteiger partial charge in [0.15, 0.2) is 0 Å². The summed E-state index contributed by atoms with van der Waals surface area (Å²) in [7, 11) is 0. The number of rotatable bonds is 4. The van der Waals surface area contributed by atoms with Crippen molar-refractivity contribution in [2.75, 3.05) is 0 Å². The SMILES string of the molecule is CCC(=CCn1cccc(C)c1=O)C(=O)O. The van der Waals surface area contributed by atoms with Crippen molar-refractivity contribution in [1.29, 1.82) is 0 Å². The van der Waals surface area contributed by atoms with Gasteiger partial charge in [0.2, 0.25) is 0 Å². The lowest BCUT2D eigenvalue weighted by molar-refractivity contribution is -0.132. The standard InChI is InChI=1S/C12H15NO3/c1-3-10(12(15)16)6-8-13-7-4-5-9(2)11(13)14/h4-7H,3,8H2,1-2H3,(H,15,16). The van der Waals surface area contributed by atoms with E-state index in [1.807, 2.05) is 0 Å². The van der Waals surface area contributed by atoms with Crippen LogP contribution in [0.15, 0.2) is 34.8 Å². The van der Waals surface area contributed by atoms with Gasteiger partial charge in [-0.05, 0) is 19.4 Å². The molecule has 1 heterocycles. The highest BCUT2D eigenvalue weighted by Gasteiger charge is 2.03. The Balaban J connectivity index is 2.94. The van der Waals surface area contributed by atoms with Crippen LogP contribution in [0.1, 0.15) is 18.9 Å². The molecule has 0 unspecified atom stereocenters. The minimum atomic E-state index is -0.928. The zero-order valence-corrected chi connectivity index (χ0v) is 9.43. The van der Waals surface area contributed by atoms with Gasteiger partial charge in [-0.15, -0.1) is 0 Å². The molecular weight excluding hydrogens is 206 g/mol. The molecule has 1 rings (SSSR count). The summed E-state index contributed by atoms with van der Waals surface area (Å²) in [4.78, 5) is 22.4. The predicted molar refractivity (Wildman–Crippen MR) is 61.4 cm³/mol. The zero-order chi connectivity index (χ0) is 12.1. The summed E-state index contributed by atoms with van der Waals surface area (Å²) >= 11 is 0. The number of carbonyl (C=O) groups is 1. The maximum atomic E-state index is 11.6. The van der Waals surface area contributed by atoms with Crippen LogP contribution in [0, 0.1) is 6.92 Å². The van der Waals surface area contributed by atoms with Gasteiger partial charge in [-0.25, -0.2) is 4.79 Å².